The van der Waals surface area contributed by atoms with Crippen molar-refractivity contribution in [2.24, 2.45) is 5.92 Å². The van der Waals surface area contributed by atoms with Crippen molar-refractivity contribution in [3.63, 3.8) is 0 Å². The first kappa shape index (κ1) is 35.0. The molecule has 4 aliphatic rings. The van der Waals surface area contributed by atoms with Crippen molar-refractivity contribution in [3.05, 3.63) is 229 Å². The largest absolute Gasteiger partial charge is 0.310 e. The molecule has 0 N–H and O–H groups in total. The summed E-state index contributed by atoms with van der Waals surface area (Å²) in [6, 6.07) is 68.8. The first-order valence-electron chi connectivity index (χ1n) is 21.5. The quantitative estimate of drug-likeness (QED) is 0.161. The van der Waals surface area contributed by atoms with Gasteiger partial charge in [0.15, 0.2) is 0 Å². The van der Waals surface area contributed by atoms with Gasteiger partial charge in [-0.3, -0.25) is 0 Å². The van der Waals surface area contributed by atoms with Crippen LogP contribution in [0.5, 0.6) is 0 Å². The molecular formula is C58H44N2S. The molecule has 61 heavy (non-hydrogen) atoms. The lowest BCUT2D eigenvalue weighted by atomic mass is 9.58. The third kappa shape index (κ3) is 4.39. The Bertz CT molecular complexity index is 3310. The van der Waals surface area contributed by atoms with Crippen LogP contribution in [0.4, 0.5) is 34.1 Å². The van der Waals surface area contributed by atoms with Gasteiger partial charge in [0.05, 0.1) is 28.2 Å². The minimum absolute atomic E-state index is 0.121. The molecule has 1 spiro atoms. The lowest BCUT2D eigenvalue weighted by Gasteiger charge is -2.48. The maximum Gasteiger partial charge on any atom is 0.0630 e. The molecule has 2 nitrogen and oxygen atoms in total. The number of para-hydroxylation sites is 4. The molecule has 292 valence electrons. The molecule has 2 aliphatic carbocycles. The number of fused-ring (bicyclic) bond motifs is 18. The van der Waals surface area contributed by atoms with Crippen molar-refractivity contribution in [2.45, 2.75) is 27.5 Å². The number of nitrogens with zero attached hydrogens (tertiary/aromatic N) is 2. The van der Waals surface area contributed by atoms with E-state index in [0.29, 0.717) is 0 Å². The smallest absolute Gasteiger partial charge is 0.0630 e. The van der Waals surface area contributed by atoms with E-state index < -0.39 is 15.4 Å². The van der Waals surface area contributed by atoms with Gasteiger partial charge >= 0.3 is 0 Å². The Hall–Kier alpha value is -6.81. The van der Waals surface area contributed by atoms with Gasteiger partial charge < -0.3 is 9.80 Å². The molecule has 0 saturated heterocycles. The summed E-state index contributed by atoms with van der Waals surface area (Å²) in [6.07, 6.45) is 14.7. The van der Waals surface area contributed by atoms with Gasteiger partial charge in [-0.1, -0.05) is 159 Å². The lowest BCUT2D eigenvalue weighted by Crippen LogP contribution is -2.43. The number of rotatable bonds is 2. The molecule has 0 saturated carbocycles. The van der Waals surface area contributed by atoms with Crippen molar-refractivity contribution in [2.75, 3.05) is 22.3 Å². The fourth-order valence-corrected chi connectivity index (χ4v) is 14.6. The van der Waals surface area contributed by atoms with Gasteiger partial charge in [-0.25, -0.2) is 0 Å². The summed E-state index contributed by atoms with van der Waals surface area (Å²) in [5.74, 6) is 0.121. The minimum Gasteiger partial charge on any atom is -0.310 e. The second kappa shape index (κ2) is 12.4. The predicted molar refractivity (Wildman–Crippen MR) is 260 cm³/mol. The SMILES string of the molecule is CC12C=CC=CC1C1(c3ccccc3N(c3ccccc3)c3ccccc31)c1ccc3c(c12)N(c1ccc2c4ccccc4c4ccccc4c2c1)c1ccccc1S3(C)C. The summed E-state index contributed by atoms with van der Waals surface area (Å²) in [5.41, 5.74) is 12.2. The Balaban J connectivity index is 1.16. The normalized spacial score (nSPS) is 20.2. The van der Waals surface area contributed by atoms with Gasteiger partial charge in [0, 0.05) is 32.5 Å². The van der Waals surface area contributed by atoms with Gasteiger partial charge in [0.2, 0.25) is 0 Å². The summed E-state index contributed by atoms with van der Waals surface area (Å²) in [4.78, 5) is 8.02. The van der Waals surface area contributed by atoms with Crippen molar-refractivity contribution in [1.82, 2.24) is 0 Å². The topological polar surface area (TPSA) is 6.48 Å². The van der Waals surface area contributed by atoms with Crippen LogP contribution in [0.3, 0.4) is 0 Å². The van der Waals surface area contributed by atoms with Crippen molar-refractivity contribution >= 4 is 76.5 Å². The average molecular weight is 801 g/mol. The van der Waals surface area contributed by atoms with Gasteiger partial charge in [-0.05, 0) is 122 Å². The molecule has 3 heteroatoms. The zero-order valence-corrected chi connectivity index (χ0v) is 35.3. The summed E-state index contributed by atoms with van der Waals surface area (Å²) in [5, 5.41) is 7.76. The second-order valence-corrected chi connectivity index (χ2v) is 21.3. The van der Waals surface area contributed by atoms with Crippen LogP contribution in [0.15, 0.2) is 216 Å². The van der Waals surface area contributed by atoms with Gasteiger partial charge in [0.1, 0.15) is 0 Å². The molecule has 0 bridgehead atoms. The molecule has 0 amide bonds. The Kier molecular flexibility index (Phi) is 7.10. The summed E-state index contributed by atoms with van der Waals surface area (Å²) >= 11 is 0. The molecule has 0 radical (unpaired) electrons. The number of benzene rings is 9. The number of anilines is 6. The van der Waals surface area contributed by atoms with Gasteiger partial charge in [-0.15, -0.1) is 0 Å². The summed E-state index contributed by atoms with van der Waals surface area (Å²) in [6.45, 7) is 2.53. The number of hydrogen-bond donors (Lipinski definition) is 0. The standard InChI is InChI=1S/C58H44N2S/c1-57-36-18-17-31-54(57)58(46-25-11-13-27-49(46)59(38-19-5-4-6-20-38)50-28-14-12-26-47(50)58)48-34-35-53-56(55(48)57)60(51-29-15-16-30-52(51)61(53,2)3)39-32-33-44-42-23-8-7-21-40(42)41-22-9-10-24-43(41)45(44)37-39/h4-37,54H,1-3H3. The maximum atomic E-state index is 2.66. The number of allylic oxidation sites excluding steroid dienone is 4. The third-order valence-electron chi connectivity index (χ3n) is 14.6. The first-order valence-corrected chi connectivity index (χ1v) is 23.9. The molecule has 2 atom stereocenters. The van der Waals surface area contributed by atoms with Crippen LogP contribution in [0.1, 0.15) is 29.2 Å². The maximum absolute atomic E-state index is 2.66. The summed E-state index contributed by atoms with van der Waals surface area (Å²) < 4.78 is 0. The van der Waals surface area contributed by atoms with E-state index in [0.717, 1.165) is 0 Å². The molecular weight excluding hydrogens is 757 g/mol. The first-order chi connectivity index (χ1) is 29.9. The molecule has 2 heterocycles. The Morgan fingerprint density at radius 3 is 1.67 bits per heavy atom. The highest BCUT2D eigenvalue weighted by Crippen LogP contribution is 2.74. The van der Waals surface area contributed by atoms with Crippen LogP contribution in [0, 0.1) is 5.92 Å². The van der Waals surface area contributed by atoms with Crippen LogP contribution in [-0.2, 0) is 10.8 Å². The van der Waals surface area contributed by atoms with E-state index in [1.54, 1.807) is 0 Å². The van der Waals surface area contributed by atoms with E-state index in [9.17, 15) is 0 Å². The molecule has 2 aliphatic heterocycles. The highest BCUT2D eigenvalue weighted by molar-refractivity contribution is 8.33. The third-order valence-corrected chi connectivity index (χ3v) is 17.5. The monoisotopic (exact) mass is 800 g/mol. The van der Waals surface area contributed by atoms with Crippen molar-refractivity contribution in [1.29, 1.82) is 0 Å². The van der Waals surface area contributed by atoms with Crippen LogP contribution < -0.4 is 9.80 Å². The second-order valence-electron chi connectivity index (χ2n) is 17.8. The predicted octanol–water partition coefficient (Wildman–Crippen LogP) is 15.5. The van der Waals surface area contributed by atoms with Gasteiger partial charge in [-0.2, -0.15) is 10.0 Å². The van der Waals surface area contributed by atoms with E-state index in [-0.39, 0.29) is 11.3 Å². The van der Waals surface area contributed by atoms with Crippen molar-refractivity contribution in [3.8, 4) is 0 Å². The zero-order valence-electron chi connectivity index (χ0n) is 34.5. The fourth-order valence-electron chi connectivity index (χ4n) is 12.2. The average Bonchev–Trinajstić information content (AvgIpc) is 3.55. The van der Waals surface area contributed by atoms with E-state index >= 15 is 0 Å². The van der Waals surface area contributed by atoms with Crippen molar-refractivity contribution < 1.29 is 0 Å². The molecule has 0 fully saturated rings. The Morgan fingerprint density at radius 2 is 1.00 bits per heavy atom. The van der Waals surface area contributed by atoms with E-state index in [1.807, 2.05) is 0 Å². The van der Waals surface area contributed by atoms with E-state index in [2.05, 4.69) is 236 Å². The van der Waals surface area contributed by atoms with Gasteiger partial charge in [0.25, 0.3) is 0 Å². The zero-order chi connectivity index (χ0) is 40.7. The van der Waals surface area contributed by atoms with Crippen LogP contribution >= 0.6 is 10.0 Å². The molecule has 13 rings (SSSR count). The highest BCUT2D eigenvalue weighted by atomic mass is 32.3. The van der Waals surface area contributed by atoms with E-state index in [4.69, 9.17) is 0 Å². The van der Waals surface area contributed by atoms with Crippen LogP contribution in [0.25, 0.3) is 32.3 Å². The van der Waals surface area contributed by atoms with Crippen LogP contribution in [0.2, 0.25) is 0 Å². The molecule has 0 aromatic heterocycles. The van der Waals surface area contributed by atoms with E-state index in [1.165, 1.54) is 98.5 Å². The molecule has 9 aromatic rings. The molecule has 9 aromatic carbocycles. The highest BCUT2D eigenvalue weighted by Gasteiger charge is 2.63. The fraction of sp³-hybridized carbons (Fsp3) is 0.103. The Labute approximate surface area is 359 Å². The number of hydrogen-bond acceptors (Lipinski definition) is 2. The minimum atomic E-state index is -1.43. The van der Waals surface area contributed by atoms with Crippen LogP contribution in [-0.4, -0.2) is 12.5 Å². The summed E-state index contributed by atoms with van der Waals surface area (Å²) in [7, 11) is -1.43. The Morgan fingerprint density at radius 1 is 0.443 bits per heavy atom. The molecule has 2 unspecified atom stereocenters. The lowest BCUT2D eigenvalue weighted by molar-refractivity contribution is 0.365.